The first kappa shape index (κ1) is 24.1. The summed E-state index contributed by atoms with van der Waals surface area (Å²) in [7, 11) is -3.76. The van der Waals surface area contributed by atoms with Crippen molar-refractivity contribution in [1.82, 2.24) is 25.1 Å². The van der Waals surface area contributed by atoms with Crippen molar-refractivity contribution in [3.8, 4) is 5.69 Å². The highest BCUT2D eigenvalue weighted by Gasteiger charge is 2.42. The van der Waals surface area contributed by atoms with Crippen molar-refractivity contribution in [1.29, 1.82) is 0 Å². The summed E-state index contributed by atoms with van der Waals surface area (Å²) < 4.78 is 77.7. The molecule has 34 heavy (non-hydrogen) atoms. The highest BCUT2D eigenvalue weighted by molar-refractivity contribution is 7.92. The van der Waals surface area contributed by atoms with Gasteiger partial charge in [0.25, 0.3) is 0 Å². The minimum absolute atomic E-state index is 0.0269. The summed E-state index contributed by atoms with van der Waals surface area (Å²) >= 11 is 6.06. The molecule has 1 saturated carbocycles. The number of benzene rings is 1. The van der Waals surface area contributed by atoms with E-state index in [0.717, 1.165) is 29.2 Å². The van der Waals surface area contributed by atoms with Gasteiger partial charge in [-0.15, -0.1) is 0 Å². The van der Waals surface area contributed by atoms with Gasteiger partial charge >= 0.3 is 6.18 Å². The van der Waals surface area contributed by atoms with Gasteiger partial charge in [0.1, 0.15) is 11.5 Å². The minimum atomic E-state index is -4.69. The molecule has 0 bridgehead atoms. The topological polar surface area (TPSA) is 107 Å². The van der Waals surface area contributed by atoms with E-state index >= 15 is 0 Å². The number of sulfone groups is 1. The monoisotopic (exact) mass is 517 g/mol. The maximum absolute atomic E-state index is 13.1. The first-order chi connectivity index (χ1) is 15.9. The Morgan fingerprint density at radius 3 is 2.35 bits per heavy atom. The van der Waals surface area contributed by atoms with E-state index in [1.54, 1.807) is 0 Å². The predicted molar refractivity (Wildman–Crippen MR) is 111 cm³/mol. The van der Waals surface area contributed by atoms with Crippen molar-refractivity contribution in [2.75, 3.05) is 0 Å². The molecule has 2 aromatic heterocycles. The first-order valence-corrected chi connectivity index (χ1v) is 11.8. The van der Waals surface area contributed by atoms with Crippen LogP contribution >= 0.6 is 11.6 Å². The summed E-state index contributed by atoms with van der Waals surface area (Å²) in [4.78, 5) is 19.0. The van der Waals surface area contributed by atoms with Gasteiger partial charge in [-0.3, -0.25) is 4.79 Å². The molecule has 3 aromatic rings. The standard InChI is InChI=1S/C20H16ClF4N5O3S/c21-18-11(10-30(29-18)13-8-26-19(27-9-13)20(23,24)25)7-17(31)28-15-5-6-16(15)34(32,33)14-3-1-12(22)2-4-14/h1-4,8-10,15-16H,5-7H2,(H,28,31)/t15-,16+/m1/s1. The van der Waals surface area contributed by atoms with Crippen molar-refractivity contribution >= 4 is 27.3 Å². The van der Waals surface area contributed by atoms with E-state index in [-0.39, 0.29) is 27.7 Å². The SMILES string of the molecule is O=C(Cc1cn(-c2cnc(C(F)(F)F)nc2)nc1Cl)N[C@@H]1CC[C@@H]1S(=O)(=O)c1ccc(F)cc1. The molecule has 1 fully saturated rings. The number of halogens is 5. The lowest BCUT2D eigenvalue weighted by molar-refractivity contribution is -0.145. The average molecular weight is 518 g/mol. The summed E-state index contributed by atoms with van der Waals surface area (Å²) in [5.41, 5.74) is 0.377. The fourth-order valence-corrected chi connectivity index (χ4v) is 5.61. The lowest BCUT2D eigenvalue weighted by Crippen LogP contribution is -2.54. The van der Waals surface area contributed by atoms with Crippen LogP contribution < -0.4 is 5.32 Å². The highest BCUT2D eigenvalue weighted by Crippen LogP contribution is 2.32. The Labute approximate surface area is 195 Å². The molecule has 1 aromatic carbocycles. The van der Waals surface area contributed by atoms with Crippen LogP contribution in [0.15, 0.2) is 47.8 Å². The number of carbonyl (C=O) groups excluding carboxylic acids is 1. The molecule has 2 heterocycles. The van der Waals surface area contributed by atoms with Crippen LogP contribution in [0.4, 0.5) is 17.6 Å². The second-order valence-corrected chi connectivity index (χ2v) is 10.1. The molecule has 1 N–H and O–H groups in total. The molecule has 0 aliphatic heterocycles. The number of alkyl halides is 3. The smallest absolute Gasteiger partial charge is 0.352 e. The molecular formula is C20H16ClF4N5O3S. The molecule has 0 unspecified atom stereocenters. The van der Waals surface area contributed by atoms with E-state index in [1.807, 2.05) is 0 Å². The Bertz CT molecular complexity index is 1310. The van der Waals surface area contributed by atoms with Crippen LogP contribution in [0.5, 0.6) is 0 Å². The number of hydrogen-bond donors (Lipinski definition) is 1. The van der Waals surface area contributed by atoms with E-state index in [9.17, 15) is 30.8 Å². The third-order valence-corrected chi connectivity index (χ3v) is 7.95. The van der Waals surface area contributed by atoms with Crippen LogP contribution in [0.2, 0.25) is 5.15 Å². The van der Waals surface area contributed by atoms with E-state index in [4.69, 9.17) is 11.6 Å². The first-order valence-electron chi connectivity index (χ1n) is 9.87. The maximum atomic E-state index is 13.1. The fraction of sp³-hybridized carbons (Fsp3) is 0.300. The molecule has 0 radical (unpaired) electrons. The Kier molecular flexibility index (Phi) is 6.34. The van der Waals surface area contributed by atoms with Gasteiger partial charge < -0.3 is 5.32 Å². The predicted octanol–water partition coefficient (Wildman–Crippen LogP) is 3.14. The van der Waals surface area contributed by atoms with Gasteiger partial charge in [-0.05, 0) is 37.1 Å². The van der Waals surface area contributed by atoms with Gasteiger partial charge in [0.2, 0.25) is 11.7 Å². The van der Waals surface area contributed by atoms with E-state index in [1.165, 1.54) is 18.3 Å². The number of aromatic nitrogens is 4. The van der Waals surface area contributed by atoms with Gasteiger partial charge in [-0.25, -0.2) is 27.5 Å². The molecule has 180 valence electrons. The maximum Gasteiger partial charge on any atom is 0.451 e. The molecule has 1 aliphatic rings. The highest BCUT2D eigenvalue weighted by atomic mass is 35.5. The number of nitrogens with one attached hydrogen (secondary N) is 1. The Balaban J connectivity index is 1.42. The number of rotatable bonds is 6. The van der Waals surface area contributed by atoms with Crippen molar-refractivity contribution in [3.05, 3.63) is 65.2 Å². The molecule has 0 saturated heterocycles. The molecule has 1 amide bonds. The summed E-state index contributed by atoms with van der Waals surface area (Å²) in [6.45, 7) is 0. The normalized spacial score (nSPS) is 18.4. The van der Waals surface area contributed by atoms with Crippen molar-refractivity contribution in [2.24, 2.45) is 0 Å². The van der Waals surface area contributed by atoms with Crippen molar-refractivity contribution < 1.29 is 30.8 Å². The zero-order valence-electron chi connectivity index (χ0n) is 17.1. The van der Waals surface area contributed by atoms with E-state index in [2.05, 4.69) is 20.4 Å². The summed E-state index contributed by atoms with van der Waals surface area (Å²) in [5.74, 6) is -2.37. The number of carbonyl (C=O) groups is 1. The largest absolute Gasteiger partial charge is 0.451 e. The Morgan fingerprint density at radius 2 is 1.79 bits per heavy atom. The van der Waals surface area contributed by atoms with Gasteiger partial charge in [0.15, 0.2) is 15.0 Å². The molecule has 14 heteroatoms. The average Bonchev–Trinajstić information content (AvgIpc) is 3.11. The van der Waals surface area contributed by atoms with Crippen LogP contribution in [0.25, 0.3) is 5.69 Å². The molecule has 8 nitrogen and oxygen atoms in total. The zero-order valence-corrected chi connectivity index (χ0v) is 18.7. The quantitative estimate of drug-likeness (QED) is 0.398. The van der Waals surface area contributed by atoms with Gasteiger partial charge in [-0.2, -0.15) is 18.3 Å². The van der Waals surface area contributed by atoms with Crippen LogP contribution in [-0.4, -0.2) is 45.4 Å². The van der Waals surface area contributed by atoms with Crippen molar-refractivity contribution in [2.45, 2.75) is 41.6 Å². The van der Waals surface area contributed by atoms with Crippen LogP contribution in [-0.2, 0) is 27.2 Å². The Hall–Kier alpha value is -3.06. The minimum Gasteiger partial charge on any atom is -0.352 e. The summed E-state index contributed by atoms with van der Waals surface area (Å²) in [6, 6.07) is 3.85. The van der Waals surface area contributed by atoms with Gasteiger partial charge in [-0.1, -0.05) is 11.6 Å². The van der Waals surface area contributed by atoms with Crippen LogP contribution in [0.1, 0.15) is 24.2 Å². The number of nitrogens with zero attached hydrogens (tertiary/aromatic N) is 4. The van der Waals surface area contributed by atoms with E-state index < -0.39 is 44.9 Å². The lowest BCUT2D eigenvalue weighted by atomic mass is 9.92. The Morgan fingerprint density at radius 1 is 1.15 bits per heavy atom. The molecule has 4 rings (SSSR count). The lowest BCUT2D eigenvalue weighted by Gasteiger charge is -2.36. The van der Waals surface area contributed by atoms with Crippen LogP contribution in [0.3, 0.4) is 0 Å². The summed E-state index contributed by atoms with van der Waals surface area (Å²) in [5, 5.41) is 5.72. The van der Waals surface area contributed by atoms with Gasteiger partial charge in [0.05, 0.1) is 29.0 Å². The number of hydrogen-bond acceptors (Lipinski definition) is 6. The fourth-order valence-electron chi connectivity index (χ4n) is 3.46. The molecule has 2 atom stereocenters. The molecular weight excluding hydrogens is 502 g/mol. The third-order valence-electron chi connectivity index (χ3n) is 5.34. The second kappa shape index (κ2) is 8.95. The van der Waals surface area contributed by atoms with Crippen LogP contribution in [0, 0.1) is 5.82 Å². The van der Waals surface area contributed by atoms with Crippen molar-refractivity contribution in [3.63, 3.8) is 0 Å². The zero-order chi connectivity index (χ0) is 24.7. The number of amides is 1. The van der Waals surface area contributed by atoms with Gasteiger partial charge in [0, 0.05) is 17.8 Å². The molecule has 1 aliphatic carbocycles. The van der Waals surface area contributed by atoms with E-state index in [0.29, 0.717) is 12.8 Å². The third kappa shape index (κ3) is 4.89. The molecule has 0 spiro atoms. The summed E-state index contributed by atoms with van der Waals surface area (Å²) in [6.07, 6.45) is -0.941. The second-order valence-electron chi connectivity index (χ2n) is 7.62.